The minimum Gasteiger partial charge on any atom is -0.497 e. The molecule has 6 aromatic rings. The van der Waals surface area contributed by atoms with Crippen LogP contribution < -0.4 is 20.7 Å². The Kier molecular flexibility index (Phi) is 9.58. The lowest BCUT2D eigenvalue weighted by atomic mass is 9.80. The molecule has 0 aliphatic carbocycles. The van der Waals surface area contributed by atoms with Gasteiger partial charge in [-0.1, -0.05) is 78.9 Å². The number of nitrogens with zero attached hydrogens (tertiary/aromatic N) is 2. The first-order valence-electron chi connectivity index (χ1n) is 16.4. The smallest absolute Gasteiger partial charge is 0.330 e. The lowest BCUT2D eigenvalue weighted by molar-refractivity contribution is -0.0765. The number of hydrogen-bond acceptors (Lipinski definition) is 8. The third-order valence-corrected chi connectivity index (χ3v) is 10.4. The highest BCUT2D eigenvalue weighted by molar-refractivity contribution is 7.99. The predicted molar refractivity (Wildman–Crippen MR) is 194 cm³/mol. The number of ether oxygens (including phenoxy) is 4. The summed E-state index contributed by atoms with van der Waals surface area (Å²) in [5, 5.41) is 1.75. The minimum absolute atomic E-state index is 0.145. The van der Waals surface area contributed by atoms with Crippen LogP contribution in [0.1, 0.15) is 34.9 Å². The molecular formula is C40H37N3O6S. The second kappa shape index (κ2) is 14.4. The summed E-state index contributed by atoms with van der Waals surface area (Å²) in [7, 11) is 3.29. The zero-order valence-electron chi connectivity index (χ0n) is 27.9. The van der Waals surface area contributed by atoms with Gasteiger partial charge in [0.1, 0.15) is 23.3 Å². The second-order valence-electron chi connectivity index (χ2n) is 12.2. The molecule has 254 valence electrons. The molecule has 0 bridgehead atoms. The van der Waals surface area contributed by atoms with Gasteiger partial charge in [-0.25, -0.2) is 9.78 Å². The molecule has 1 saturated heterocycles. The maximum atomic E-state index is 13.0. The zero-order valence-corrected chi connectivity index (χ0v) is 28.8. The Balaban J connectivity index is 1.30. The van der Waals surface area contributed by atoms with Gasteiger partial charge in [-0.2, -0.15) is 0 Å². The molecule has 0 unspecified atom stereocenters. The molecule has 10 heteroatoms. The van der Waals surface area contributed by atoms with Crippen LogP contribution >= 0.6 is 11.8 Å². The van der Waals surface area contributed by atoms with Crippen molar-refractivity contribution in [2.45, 2.75) is 41.6 Å². The first kappa shape index (κ1) is 33.3. The molecule has 0 amide bonds. The van der Waals surface area contributed by atoms with Crippen LogP contribution in [0.25, 0.3) is 10.9 Å². The van der Waals surface area contributed by atoms with Gasteiger partial charge in [-0.3, -0.25) is 14.3 Å². The Hall–Kier alpha value is -5.16. The second-order valence-corrected chi connectivity index (χ2v) is 13.4. The molecule has 7 rings (SSSR count). The molecule has 3 atom stereocenters. The number of pyridine rings is 1. The van der Waals surface area contributed by atoms with Gasteiger partial charge in [0, 0.05) is 28.8 Å². The predicted octanol–water partition coefficient (Wildman–Crippen LogP) is 6.87. The number of hydrogen-bond donors (Lipinski definition) is 1. The van der Waals surface area contributed by atoms with E-state index in [1.165, 1.54) is 4.57 Å². The third-order valence-electron chi connectivity index (χ3n) is 9.12. The van der Waals surface area contributed by atoms with E-state index in [0.717, 1.165) is 44.1 Å². The van der Waals surface area contributed by atoms with Crippen molar-refractivity contribution in [1.29, 1.82) is 0 Å². The zero-order chi connectivity index (χ0) is 34.7. The SMILES string of the molecule is COc1ccc(C(OC[C@H]2O[C@@H](n3cc(C)c(=O)[nH]c3=O)C[C@@H]2Sc2ccc3ccccc3n2)(c2ccccc2)c2ccc(OC)cc2)cc1. The van der Waals surface area contributed by atoms with Gasteiger partial charge in [-0.05, 0) is 60.0 Å². The van der Waals surface area contributed by atoms with Crippen molar-refractivity contribution in [3.8, 4) is 11.5 Å². The number of H-pyrrole nitrogens is 1. The average Bonchev–Trinajstić information content (AvgIpc) is 3.56. The first-order valence-corrected chi connectivity index (χ1v) is 17.2. The van der Waals surface area contributed by atoms with Crippen molar-refractivity contribution >= 4 is 22.7 Å². The van der Waals surface area contributed by atoms with Crippen molar-refractivity contribution in [3.63, 3.8) is 0 Å². The van der Waals surface area contributed by atoms with Gasteiger partial charge in [0.25, 0.3) is 5.56 Å². The number of aromatic amines is 1. The molecule has 1 fully saturated rings. The fraction of sp³-hybridized carbons (Fsp3) is 0.225. The molecule has 1 aliphatic rings. The van der Waals surface area contributed by atoms with Gasteiger partial charge in [0.15, 0.2) is 0 Å². The van der Waals surface area contributed by atoms with E-state index < -0.39 is 29.2 Å². The summed E-state index contributed by atoms with van der Waals surface area (Å²) in [6, 6.07) is 37.9. The van der Waals surface area contributed by atoms with Gasteiger partial charge in [0.2, 0.25) is 0 Å². The van der Waals surface area contributed by atoms with E-state index in [2.05, 4.69) is 23.2 Å². The van der Waals surface area contributed by atoms with E-state index in [1.54, 1.807) is 39.1 Å². The molecule has 1 aliphatic heterocycles. The fourth-order valence-corrected chi connectivity index (χ4v) is 7.66. The summed E-state index contributed by atoms with van der Waals surface area (Å²) >= 11 is 1.60. The number of aromatic nitrogens is 3. The summed E-state index contributed by atoms with van der Waals surface area (Å²) < 4.78 is 26.4. The van der Waals surface area contributed by atoms with E-state index in [9.17, 15) is 9.59 Å². The van der Waals surface area contributed by atoms with Crippen LogP contribution in [0.2, 0.25) is 0 Å². The van der Waals surface area contributed by atoms with Crippen LogP contribution in [0, 0.1) is 6.92 Å². The number of para-hydroxylation sites is 1. The summed E-state index contributed by atoms with van der Waals surface area (Å²) in [6.07, 6.45) is 0.963. The summed E-state index contributed by atoms with van der Waals surface area (Å²) in [6.45, 7) is 1.85. The van der Waals surface area contributed by atoms with Crippen LogP contribution in [0.3, 0.4) is 0 Å². The summed E-state index contributed by atoms with van der Waals surface area (Å²) in [5.74, 6) is 1.46. The monoisotopic (exact) mass is 687 g/mol. The van der Waals surface area contributed by atoms with Crippen molar-refractivity contribution in [3.05, 3.63) is 165 Å². The molecule has 9 nitrogen and oxygen atoms in total. The highest BCUT2D eigenvalue weighted by Gasteiger charge is 2.43. The molecule has 0 spiro atoms. The van der Waals surface area contributed by atoms with Crippen LogP contribution in [0.4, 0.5) is 0 Å². The van der Waals surface area contributed by atoms with Crippen molar-refractivity contribution in [1.82, 2.24) is 14.5 Å². The van der Waals surface area contributed by atoms with Crippen molar-refractivity contribution in [2.75, 3.05) is 20.8 Å². The van der Waals surface area contributed by atoms with Gasteiger partial charge < -0.3 is 18.9 Å². The molecule has 4 aromatic carbocycles. The van der Waals surface area contributed by atoms with Gasteiger partial charge in [-0.15, -0.1) is 11.8 Å². The Morgan fingerprint density at radius 3 is 2.10 bits per heavy atom. The normalized spacial score (nSPS) is 17.5. The Bertz CT molecular complexity index is 2160. The van der Waals surface area contributed by atoms with E-state index in [4.69, 9.17) is 23.9 Å². The maximum Gasteiger partial charge on any atom is 0.330 e. The highest BCUT2D eigenvalue weighted by Crippen LogP contribution is 2.44. The number of benzene rings is 4. The molecule has 50 heavy (non-hydrogen) atoms. The van der Waals surface area contributed by atoms with Gasteiger partial charge in [0.05, 0.1) is 37.5 Å². The number of fused-ring (bicyclic) bond motifs is 1. The maximum absolute atomic E-state index is 13.0. The molecule has 1 N–H and O–H groups in total. The lowest BCUT2D eigenvalue weighted by Gasteiger charge is -2.37. The van der Waals surface area contributed by atoms with E-state index in [0.29, 0.717) is 12.0 Å². The topological polar surface area (TPSA) is 105 Å². The first-order chi connectivity index (χ1) is 24.4. The Morgan fingerprint density at radius 1 is 0.820 bits per heavy atom. The lowest BCUT2D eigenvalue weighted by Crippen LogP contribution is -2.37. The molecule has 0 radical (unpaired) electrons. The third kappa shape index (κ3) is 6.57. The molecule has 2 aromatic heterocycles. The standard InChI is InChI=1S/C40H37N3O6S/c1-26-24-43(39(45)42-38(26)44)37-23-35(50-36-22-13-27-9-7-8-12-33(27)41-36)34(49-37)25-48-40(28-10-5-4-6-11-28,29-14-18-31(46-2)19-15-29)30-16-20-32(47-3)21-17-30/h4-22,24,34-35,37H,23,25H2,1-3H3,(H,42,44,45)/t34-,35+,37-/m1/s1. The molecule has 0 saturated carbocycles. The number of thioether (sulfide) groups is 1. The van der Waals surface area contributed by atoms with E-state index >= 15 is 0 Å². The Morgan fingerprint density at radius 2 is 1.44 bits per heavy atom. The van der Waals surface area contributed by atoms with Gasteiger partial charge >= 0.3 is 5.69 Å². The largest absolute Gasteiger partial charge is 0.497 e. The summed E-state index contributed by atoms with van der Waals surface area (Å²) in [5.41, 5.74) is 2.07. The fourth-order valence-electron chi connectivity index (χ4n) is 6.49. The Labute approximate surface area is 293 Å². The summed E-state index contributed by atoms with van der Waals surface area (Å²) in [4.78, 5) is 32.6. The number of nitrogens with one attached hydrogen (secondary N) is 1. The van der Waals surface area contributed by atoms with E-state index in [-0.39, 0.29) is 11.9 Å². The van der Waals surface area contributed by atoms with Crippen LogP contribution in [-0.2, 0) is 15.1 Å². The molecular weight excluding hydrogens is 651 g/mol. The molecule has 3 heterocycles. The van der Waals surface area contributed by atoms with Crippen LogP contribution in [0.5, 0.6) is 11.5 Å². The van der Waals surface area contributed by atoms with Crippen molar-refractivity contribution < 1.29 is 18.9 Å². The van der Waals surface area contributed by atoms with Crippen molar-refractivity contribution in [2.24, 2.45) is 0 Å². The van der Waals surface area contributed by atoms with Crippen LogP contribution in [0.15, 0.2) is 136 Å². The number of methoxy groups -OCH3 is 2. The average molecular weight is 688 g/mol. The quantitative estimate of drug-likeness (QED) is 0.147. The number of aryl methyl sites for hydroxylation is 1. The minimum atomic E-state index is -1.05. The number of rotatable bonds is 11. The highest BCUT2D eigenvalue weighted by atomic mass is 32.2. The van der Waals surface area contributed by atoms with E-state index in [1.807, 2.05) is 97.1 Å². The van der Waals surface area contributed by atoms with Crippen LogP contribution in [-0.4, -0.2) is 46.7 Å².